The summed E-state index contributed by atoms with van der Waals surface area (Å²) in [5, 5.41) is 18.5. The Bertz CT molecular complexity index is 838. The SMILES string of the molecule is O=C(CC1CC1)Nc1ccc(Nc2ccc(-n3cccn3)nn2)cc1. The quantitative estimate of drug-likeness (QED) is 0.723. The molecular formula is C18H18N6O. The van der Waals surface area contributed by atoms with Crippen molar-refractivity contribution in [3.8, 4) is 5.82 Å². The van der Waals surface area contributed by atoms with Gasteiger partial charge in [0.05, 0.1) is 0 Å². The molecule has 2 N–H and O–H groups in total. The van der Waals surface area contributed by atoms with Gasteiger partial charge in [0.1, 0.15) is 0 Å². The average Bonchev–Trinajstić information content (AvgIpc) is 3.26. The summed E-state index contributed by atoms with van der Waals surface area (Å²) >= 11 is 0. The molecule has 0 unspecified atom stereocenters. The van der Waals surface area contributed by atoms with Crippen molar-refractivity contribution in [2.75, 3.05) is 10.6 Å². The number of hydrogen-bond acceptors (Lipinski definition) is 5. The van der Waals surface area contributed by atoms with Gasteiger partial charge in [-0.05, 0) is 61.2 Å². The van der Waals surface area contributed by atoms with Gasteiger partial charge in [-0.15, -0.1) is 10.2 Å². The maximum absolute atomic E-state index is 11.8. The molecule has 0 radical (unpaired) electrons. The molecule has 2 heterocycles. The van der Waals surface area contributed by atoms with Crippen LogP contribution in [-0.2, 0) is 4.79 Å². The number of aromatic nitrogens is 4. The molecule has 2 aromatic heterocycles. The first-order valence-corrected chi connectivity index (χ1v) is 8.27. The van der Waals surface area contributed by atoms with E-state index in [0.29, 0.717) is 24.0 Å². The molecule has 3 aromatic rings. The van der Waals surface area contributed by atoms with Crippen molar-refractivity contribution in [3.63, 3.8) is 0 Å². The lowest BCUT2D eigenvalue weighted by Gasteiger charge is -2.08. The van der Waals surface area contributed by atoms with Crippen LogP contribution in [0.2, 0.25) is 0 Å². The third kappa shape index (κ3) is 4.00. The molecule has 1 fully saturated rings. The van der Waals surface area contributed by atoms with Crippen LogP contribution in [0.25, 0.3) is 5.82 Å². The van der Waals surface area contributed by atoms with E-state index >= 15 is 0 Å². The van der Waals surface area contributed by atoms with Crippen LogP contribution < -0.4 is 10.6 Å². The zero-order valence-corrected chi connectivity index (χ0v) is 13.6. The first-order chi connectivity index (χ1) is 12.3. The summed E-state index contributed by atoms with van der Waals surface area (Å²) in [5.74, 6) is 1.97. The molecular weight excluding hydrogens is 316 g/mol. The predicted octanol–water partition coefficient (Wildman–Crippen LogP) is 3.14. The maximum Gasteiger partial charge on any atom is 0.224 e. The van der Waals surface area contributed by atoms with Gasteiger partial charge in [0.2, 0.25) is 5.91 Å². The van der Waals surface area contributed by atoms with Gasteiger partial charge in [-0.2, -0.15) is 5.10 Å². The number of anilines is 3. The van der Waals surface area contributed by atoms with Crippen LogP contribution in [0.5, 0.6) is 0 Å². The lowest BCUT2D eigenvalue weighted by Crippen LogP contribution is -2.11. The summed E-state index contributed by atoms with van der Waals surface area (Å²) in [4.78, 5) is 11.8. The number of nitrogens with one attached hydrogen (secondary N) is 2. The fourth-order valence-electron chi connectivity index (χ4n) is 2.50. The molecule has 1 saturated carbocycles. The number of nitrogens with zero attached hydrogens (tertiary/aromatic N) is 4. The number of amides is 1. The van der Waals surface area contributed by atoms with Gasteiger partial charge in [0.15, 0.2) is 11.6 Å². The van der Waals surface area contributed by atoms with Crippen molar-refractivity contribution in [1.29, 1.82) is 0 Å². The molecule has 25 heavy (non-hydrogen) atoms. The number of carbonyl (C=O) groups excluding carboxylic acids is 1. The van der Waals surface area contributed by atoms with E-state index in [-0.39, 0.29) is 5.91 Å². The molecule has 0 atom stereocenters. The molecule has 4 rings (SSSR count). The topological polar surface area (TPSA) is 84.7 Å². The molecule has 1 aromatic carbocycles. The van der Waals surface area contributed by atoms with Crippen LogP contribution in [0.1, 0.15) is 19.3 Å². The summed E-state index contributed by atoms with van der Waals surface area (Å²) in [6, 6.07) is 13.1. The number of carbonyl (C=O) groups is 1. The summed E-state index contributed by atoms with van der Waals surface area (Å²) < 4.78 is 1.65. The van der Waals surface area contributed by atoms with Crippen molar-refractivity contribution in [3.05, 3.63) is 54.9 Å². The van der Waals surface area contributed by atoms with Crippen LogP contribution in [0.15, 0.2) is 54.9 Å². The van der Waals surface area contributed by atoms with Gasteiger partial charge in [0.25, 0.3) is 0 Å². The van der Waals surface area contributed by atoms with Crippen molar-refractivity contribution >= 4 is 23.1 Å². The molecule has 1 aliphatic carbocycles. The Morgan fingerprint density at radius 3 is 2.52 bits per heavy atom. The molecule has 0 bridgehead atoms. The molecule has 7 nitrogen and oxygen atoms in total. The maximum atomic E-state index is 11.8. The fourth-order valence-corrected chi connectivity index (χ4v) is 2.50. The molecule has 7 heteroatoms. The van der Waals surface area contributed by atoms with Gasteiger partial charge < -0.3 is 10.6 Å². The Kier molecular flexibility index (Phi) is 4.12. The number of rotatable bonds is 6. The monoisotopic (exact) mass is 334 g/mol. The Balaban J connectivity index is 1.36. The Hall–Kier alpha value is -3.22. The lowest BCUT2D eigenvalue weighted by atomic mass is 10.2. The number of benzene rings is 1. The van der Waals surface area contributed by atoms with Gasteiger partial charge in [-0.3, -0.25) is 4.79 Å². The molecule has 0 spiro atoms. The van der Waals surface area contributed by atoms with Crippen LogP contribution in [0.3, 0.4) is 0 Å². The first-order valence-electron chi connectivity index (χ1n) is 8.27. The molecule has 1 aliphatic rings. The summed E-state index contributed by atoms with van der Waals surface area (Å²) in [6.45, 7) is 0. The summed E-state index contributed by atoms with van der Waals surface area (Å²) in [7, 11) is 0. The van der Waals surface area contributed by atoms with E-state index in [2.05, 4.69) is 25.9 Å². The molecule has 0 aliphatic heterocycles. The van der Waals surface area contributed by atoms with Crippen LogP contribution >= 0.6 is 0 Å². The standard InChI is InChI=1S/C18H18N6O/c25-18(12-13-2-3-13)21-15-6-4-14(5-7-15)20-16-8-9-17(23-22-16)24-11-1-10-19-24/h1,4-11,13H,2-3,12H2,(H,20,22)(H,21,25). The van der Waals surface area contributed by atoms with Gasteiger partial charge in [-0.25, -0.2) is 4.68 Å². The highest BCUT2D eigenvalue weighted by Crippen LogP contribution is 2.32. The van der Waals surface area contributed by atoms with Crippen molar-refractivity contribution in [2.24, 2.45) is 5.92 Å². The minimum absolute atomic E-state index is 0.0864. The van der Waals surface area contributed by atoms with E-state index in [9.17, 15) is 4.79 Å². The largest absolute Gasteiger partial charge is 0.339 e. The average molecular weight is 334 g/mol. The van der Waals surface area contributed by atoms with E-state index in [1.165, 1.54) is 12.8 Å². The first kappa shape index (κ1) is 15.3. The van der Waals surface area contributed by atoms with Gasteiger partial charge in [0, 0.05) is 30.2 Å². The van der Waals surface area contributed by atoms with Crippen LogP contribution in [-0.4, -0.2) is 25.9 Å². The summed E-state index contributed by atoms with van der Waals surface area (Å²) in [5.41, 5.74) is 1.68. The zero-order valence-electron chi connectivity index (χ0n) is 13.6. The van der Waals surface area contributed by atoms with Crippen LogP contribution in [0.4, 0.5) is 17.2 Å². The van der Waals surface area contributed by atoms with E-state index in [1.807, 2.05) is 48.7 Å². The minimum Gasteiger partial charge on any atom is -0.339 e. The number of hydrogen-bond donors (Lipinski definition) is 2. The Morgan fingerprint density at radius 1 is 1.08 bits per heavy atom. The fraction of sp³-hybridized carbons (Fsp3) is 0.222. The normalized spacial score (nSPS) is 13.4. The summed E-state index contributed by atoms with van der Waals surface area (Å²) in [6.07, 6.45) is 6.48. The smallest absolute Gasteiger partial charge is 0.224 e. The van der Waals surface area contributed by atoms with Crippen molar-refractivity contribution in [1.82, 2.24) is 20.0 Å². The van der Waals surface area contributed by atoms with Crippen LogP contribution in [0, 0.1) is 5.92 Å². The highest BCUT2D eigenvalue weighted by atomic mass is 16.1. The third-order valence-corrected chi connectivity index (χ3v) is 4.00. The zero-order chi connectivity index (χ0) is 17.1. The van der Waals surface area contributed by atoms with Gasteiger partial charge >= 0.3 is 0 Å². The third-order valence-electron chi connectivity index (χ3n) is 4.00. The molecule has 0 saturated heterocycles. The van der Waals surface area contributed by atoms with E-state index in [0.717, 1.165) is 11.4 Å². The van der Waals surface area contributed by atoms with Crippen molar-refractivity contribution in [2.45, 2.75) is 19.3 Å². The minimum atomic E-state index is 0.0864. The van der Waals surface area contributed by atoms with E-state index < -0.39 is 0 Å². The second-order valence-electron chi connectivity index (χ2n) is 6.13. The molecule has 126 valence electrons. The van der Waals surface area contributed by atoms with E-state index in [4.69, 9.17) is 0 Å². The highest BCUT2D eigenvalue weighted by Gasteiger charge is 2.24. The van der Waals surface area contributed by atoms with E-state index in [1.54, 1.807) is 10.9 Å². The Labute approximate surface area is 145 Å². The second-order valence-corrected chi connectivity index (χ2v) is 6.13. The predicted molar refractivity (Wildman–Crippen MR) is 94.8 cm³/mol. The molecule has 1 amide bonds. The van der Waals surface area contributed by atoms with Gasteiger partial charge in [-0.1, -0.05) is 0 Å². The highest BCUT2D eigenvalue weighted by molar-refractivity contribution is 5.91. The van der Waals surface area contributed by atoms with Crippen molar-refractivity contribution < 1.29 is 4.79 Å². The lowest BCUT2D eigenvalue weighted by molar-refractivity contribution is -0.116. The second kappa shape index (κ2) is 6.72. The Morgan fingerprint density at radius 2 is 1.88 bits per heavy atom.